The first-order valence-corrected chi connectivity index (χ1v) is 6.52. The van der Waals surface area contributed by atoms with Gasteiger partial charge in [0.2, 0.25) is 0 Å². The molecule has 0 saturated carbocycles. The van der Waals surface area contributed by atoms with Crippen molar-refractivity contribution in [2.75, 3.05) is 6.61 Å². The first kappa shape index (κ1) is 17.5. The van der Waals surface area contributed by atoms with Crippen LogP contribution in [0.1, 0.15) is 47.5 Å². The first-order valence-electron chi connectivity index (χ1n) is 6.52. The zero-order chi connectivity index (χ0) is 14.9. The molecule has 5 nitrogen and oxygen atoms in total. The molecule has 0 aliphatic carbocycles. The van der Waals surface area contributed by atoms with Crippen molar-refractivity contribution >= 4 is 12.1 Å². The van der Waals surface area contributed by atoms with Crippen molar-refractivity contribution in [1.82, 2.24) is 0 Å². The minimum Gasteiger partial charge on any atom is -0.434 e. The molecule has 0 aliphatic heterocycles. The predicted molar refractivity (Wildman–Crippen MR) is 71.5 cm³/mol. The van der Waals surface area contributed by atoms with Crippen LogP contribution in [0.2, 0.25) is 0 Å². The van der Waals surface area contributed by atoms with Gasteiger partial charge < -0.3 is 14.2 Å². The molecule has 0 aromatic heterocycles. The average Bonchev–Trinajstić information content (AvgIpc) is 2.27. The molecule has 0 spiro atoms. The Morgan fingerprint density at radius 3 is 2.32 bits per heavy atom. The summed E-state index contributed by atoms with van der Waals surface area (Å²) in [6, 6.07) is 0. The Labute approximate surface area is 114 Å². The highest BCUT2D eigenvalue weighted by atomic mass is 16.8. The Morgan fingerprint density at radius 2 is 1.79 bits per heavy atom. The van der Waals surface area contributed by atoms with E-state index in [-0.39, 0.29) is 12.5 Å². The van der Waals surface area contributed by atoms with Crippen LogP contribution < -0.4 is 0 Å². The van der Waals surface area contributed by atoms with Crippen LogP contribution in [-0.2, 0) is 19.0 Å². The summed E-state index contributed by atoms with van der Waals surface area (Å²) in [6.07, 6.45) is 4.66. The van der Waals surface area contributed by atoms with Crippen LogP contribution in [0.4, 0.5) is 4.79 Å². The van der Waals surface area contributed by atoms with Gasteiger partial charge in [-0.05, 0) is 12.8 Å². The molecule has 0 rings (SSSR count). The number of hydrogen-bond acceptors (Lipinski definition) is 5. The zero-order valence-corrected chi connectivity index (χ0v) is 12.4. The lowest BCUT2D eigenvalue weighted by Gasteiger charge is -2.25. The Hall–Kier alpha value is -1.52. The lowest BCUT2D eigenvalue weighted by molar-refractivity contribution is -0.203. The summed E-state index contributed by atoms with van der Waals surface area (Å²) >= 11 is 0. The largest absolute Gasteiger partial charge is 0.511 e. The van der Waals surface area contributed by atoms with Crippen molar-refractivity contribution in [3.05, 3.63) is 12.2 Å². The van der Waals surface area contributed by atoms with E-state index in [1.807, 2.05) is 19.1 Å². The van der Waals surface area contributed by atoms with Crippen molar-refractivity contribution in [3.63, 3.8) is 0 Å². The third-order valence-corrected chi connectivity index (χ3v) is 2.05. The van der Waals surface area contributed by atoms with E-state index < -0.39 is 17.9 Å². The molecule has 19 heavy (non-hydrogen) atoms. The molecule has 0 aromatic rings. The van der Waals surface area contributed by atoms with Crippen molar-refractivity contribution in [2.45, 2.75) is 53.2 Å². The van der Waals surface area contributed by atoms with Gasteiger partial charge in [0.15, 0.2) is 0 Å². The van der Waals surface area contributed by atoms with Crippen LogP contribution in [-0.4, -0.2) is 24.5 Å². The van der Waals surface area contributed by atoms with Gasteiger partial charge in [0, 0.05) is 13.8 Å². The van der Waals surface area contributed by atoms with Crippen LogP contribution in [0.3, 0.4) is 0 Å². The third kappa shape index (κ3) is 9.11. The molecular weight excluding hydrogens is 248 g/mol. The summed E-state index contributed by atoms with van der Waals surface area (Å²) in [4.78, 5) is 22.8. The number of carbonyl (C=O) groups excluding carboxylic acids is 2. The van der Waals surface area contributed by atoms with Gasteiger partial charge >= 0.3 is 12.1 Å². The van der Waals surface area contributed by atoms with Gasteiger partial charge in [0.1, 0.15) is 0 Å². The quantitative estimate of drug-likeness (QED) is 0.307. The van der Waals surface area contributed by atoms with Gasteiger partial charge in [-0.3, -0.25) is 4.79 Å². The summed E-state index contributed by atoms with van der Waals surface area (Å²) in [5, 5.41) is 0. The molecule has 0 heterocycles. The molecule has 0 saturated heterocycles. The second-order valence-electron chi connectivity index (χ2n) is 4.84. The van der Waals surface area contributed by atoms with Crippen LogP contribution in [0.5, 0.6) is 0 Å². The molecule has 5 heteroatoms. The number of hydrogen-bond donors (Lipinski definition) is 0. The Bertz CT molecular complexity index is 318. The summed E-state index contributed by atoms with van der Waals surface area (Å²) in [7, 11) is 0. The van der Waals surface area contributed by atoms with Gasteiger partial charge in [-0.1, -0.05) is 32.9 Å². The highest BCUT2D eigenvalue weighted by molar-refractivity contribution is 5.72. The van der Waals surface area contributed by atoms with E-state index in [9.17, 15) is 9.59 Å². The molecule has 0 aromatic carbocycles. The fraction of sp³-hybridized carbons (Fsp3) is 0.714. The van der Waals surface area contributed by atoms with Gasteiger partial charge in [-0.2, -0.15) is 0 Å². The lowest BCUT2D eigenvalue weighted by Crippen LogP contribution is -2.35. The SMILES string of the molecule is CC/C=C/CCOC(=O)OC(C)(C)OC(=O)C(C)C. The lowest BCUT2D eigenvalue weighted by atomic mass is 10.2. The fourth-order valence-corrected chi connectivity index (χ4v) is 1.11. The molecule has 0 aliphatic rings. The van der Waals surface area contributed by atoms with E-state index in [0.717, 1.165) is 6.42 Å². The average molecular weight is 272 g/mol. The van der Waals surface area contributed by atoms with Gasteiger partial charge in [0.25, 0.3) is 5.79 Å². The number of ether oxygens (including phenoxy) is 3. The molecule has 0 fully saturated rings. The maximum Gasteiger partial charge on any atom is 0.511 e. The smallest absolute Gasteiger partial charge is 0.434 e. The van der Waals surface area contributed by atoms with Crippen LogP contribution >= 0.6 is 0 Å². The van der Waals surface area contributed by atoms with E-state index >= 15 is 0 Å². The molecule has 0 radical (unpaired) electrons. The molecule has 0 N–H and O–H groups in total. The van der Waals surface area contributed by atoms with Crippen LogP contribution in [0.25, 0.3) is 0 Å². The minimum atomic E-state index is -1.32. The summed E-state index contributed by atoms with van der Waals surface area (Å²) in [5.74, 6) is -2.03. The number of rotatable bonds is 7. The van der Waals surface area contributed by atoms with E-state index in [1.165, 1.54) is 13.8 Å². The Balaban J connectivity index is 4.02. The summed E-state index contributed by atoms with van der Waals surface area (Å²) in [6.45, 7) is 8.66. The highest BCUT2D eigenvalue weighted by Crippen LogP contribution is 2.15. The van der Waals surface area contributed by atoms with Gasteiger partial charge in [0.05, 0.1) is 12.5 Å². The molecule has 0 unspecified atom stereocenters. The summed E-state index contributed by atoms with van der Waals surface area (Å²) < 4.78 is 14.8. The normalized spacial score (nSPS) is 11.7. The second kappa shape index (κ2) is 8.56. The minimum absolute atomic E-state index is 0.240. The Morgan fingerprint density at radius 1 is 1.16 bits per heavy atom. The predicted octanol–water partition coefficient (Wildman–Crippen LogP) is 3.43. The van der Waals surface area contributed by atoms with Crippen molar-refractivity contribution in [1.29, 1.82) is 0 Å². The number of esters is 1. The van der Waals surface area contributed by atoms with Crippen LogP contribution in [0, 0.1) is 5.92 Å². The van der Waals surface area contributed by atoms with Gasteiger partial charge in [-0.25, -0.2) is 4.79 Å². The zero-order valence-electron chi connectivity index (χ0n) is 12.4. The summed E-state index contributed by atoms with van der Waals surface area (Å²) in [5.41, 5.74) is 0. The standard InChI is InChI=1S/C14H24O5/c1-6-7-8-9-10-17-13(16)19-14(4,5)18-12(15)11(2)3/h7-8,11H,6,9-10H2,1-5H3/b8-7+. The van der Waals surface area contributed by atoms with Crippen LogP contribution in [0.15, 0.2) is 12.2 Å². The van der Waals surface area contributed by atoms with E-state index in [2.05, 4.69) is 0 Å². The fourth-order valence-electron chi connectivity index (χ4n) is 1.11. The monoisotopic (exact) mass is 272 g/mol. The number of allylic oxidation sites excluding steroid dienone is 1. The highest BCUT2D eigenvalue weighted by Gasteiger charge is 2.29. The van der Waals surface area contributed by atoms with E-state index in [1.54, 1.807) is 13.8 Å². The molecule has 0 amide bonds. The second-order valence-corrected chi connectivity index (χ2v) is 4.84. The van der Waals surface area contributed by atoms with Crippen molar-refractivity contribution < 1.29 is 23.8 Å². The maximum absolute atomic E-state index is 11.4. The maximum atomic E-state index is 11.4. The third-order valence-electron chi connectivity index (χ3n) is 2.05. The molecule has 110 valence electrons. The molecule has 0 bridgehead atoms. The van der Waals surface area contributed by atoms with Crippen molar-refractivity contribution in [3.8, 4) is 0 Å². The molecule has 0 atom stereocenters. The Kier molecular flexibility index (Phi) is 7.87. The topological polar surface area (TPSA) is 61.8 Å². The molecular formula is C14H24O5. The first-order chi connectivity index (χ1) is 8.78. The van der Waals surface area contributed by atoms with E-state index in [0.29, 0.717) is 6.42 Å². The number of carbonyl (C=O) groups is 2. The van der Waals surface area contributed by atoms with E-state index in [4.69, 9.17) is 14.2 Å². The van der Waals surface area contributed by atoms with Gasteiger partial charge in [-0.15, -0.1) is 0 Å². The van der Waals surface area contributed by atoms with Crippen molar-refractivity contribution in [2.24, 2.45) is 5.92 Å².